The first-order valence-corrected chi connectivity index (χ1v) is 25.6. The van der Waals surface area contributed by atoms with E-state index in [0.29, 0.717) is 51.4 Å². The van der Waals surface area contributed by atoms with Crippen molar-refractivity contribution in [3.8, 4) is 0 Å². The highest BCUT2D eigenvalue weighted by Gasteiger charge is 2.65. The lowest BCUT2D eigenvalue weighted by atomic mass is 9.43. The summed E-state index contributed by atoms with van der Waals surface area (Å²) in [6.07, 6.45) is 6.95. The molecule has 8 aliphatic carbocycles. The van der Waals surface area contributed by atoms with Crippen LogP contribution in [0.4, 0.5) is 0 Å². The Hall–Kier alpha value is -2.84. The quantitative estimate of drug-likeness (QED) is 0.181. The van der Waals surface area contributed by atoms with Gasteiger partial charge in [0, 0.05) is 23.0 Å². The summed E-state index contributed by atoms with van der Waals surface area (Å²) in [5.74, 6) is -2.92. The molecule has 1 saturated heterocycles. The SMILES string of the molecule is COC(=O)C1CSSC[C@@H](C(=O)OC)NC(=O)C23CC4CC(CC(C4)(C2)C(=O)NC(C(=O)OC)CSSC[C@@H](C(=O)OC)NC(=O)C24CC5CC(CC(C5)(C2)C(=O)N1)C4)C3. The lowest BCUT2D eigenvalue weighted by Crippen LogP contribution is -2.63. The van der Waals surface area contributed by atoms with Crippen molar-refractivity contribution in [1.82, 2.24) is 21.3 Å². The molecule has 0 aromatic rings. The number of ether oxygens (including phenoxy) is 4. The minimum absolute atomic E-state index is 0.105. The monoisotopic (exact) mass is 912 g/mol. The zero-order valence-electron chi connectivity index (χ0n) is 34.5. The third-order valence-electron chi connectivity index (χ3n) is 14.3. The van der Waals surface area contributed by atoms with Crippen LogP contribution in [0.25, 0.3) is 0 Å². The van der Waals surface area contributed by atoms with Crippen LogP contribution in [-0.2, 0) is 57.3 Å². The van der Waals surface area contributed by atoms with Gasteiger partial charge in [-0.2, -0.15) is 0 Å². The van der Waals surface area contributed by atoms with Gasteiger partial charge in [-0.1, -0.05) is 43.2 Å². The fourth-order valence-corrected chi connectivity index (χ4v) is 17.1. The van der Waals surface area contributed by atoms with Gasteiger partial charge in [-0.15, -0.1) is 0 Å². The van der Waals surface area contributed by atoms with E-state index >= 15 is 0 Å². The molecule has 0 aromatic heterocycles. The summed E-state index contributed by atoms with van der Waals surface area (Å²) in [7, 11) is 9.98. The molecule has 0 aromatic carbocycles. The maximum atomic E-state index is 14.4. The summed E-state index contributed by atoms with van der Waals surface area (Å²) >= 11 is 0. The predicted molar refractivity (Wildman–Crippen MR) is 225 cm³/mol. The molecule has 1 aliphatic heterocycles. The van der Waals surface area contributed by atoms with Crippen molar-refractivity contribution in [3.63, 3.8) is 0 Å². The van der Waals surface area contributed by atoms with E-state index in [-0.39, 0.29) is 83.2 Å². The fourth-order valence-electron chi connectivity index (χ4n) is 12.5. The highest BCUT2D eigenvalue weighted by molar-refractivity contribution is 8.77. The third-order valence-corrected chi connectivity index (χ3v) is 19.2. The van der Waals surface area contributed by atoms with Crippen molar-refractivity contribution in [3.05, 3.63) is 0 Å². The smallest absolute Gasteiger partial charge is 0.329 e. The number of methoxy groups -OCH3 is 4. The number of hydrogen-bond acceptors (Lipinski definition) is 16. The molecular formula is C40H56N4O12S4. The number of amides is 4. The van der Waals surface area contributed by atoms with E-state index in [1.54, 1.807) is 0 Å². The molecule has 9 fully saturated rings. The Kier molecular flexibility index (Phi) is 13.6. The van der Waals surface area contributed by atoms with E-state index in [2.05, 4.69) is 21.3 Å². The van der Waals surface area contributed by atoms with Crippen LogP contribution < -0.4 is 21.3 Å². The molecule has 4 N–H and O–H groups in total. The minimum atomic E-state index is -1.02. The van der Waals surface area contributed by atoms with Gasteiger partial charge in [-0.25, -0.2) is 19.2 Å². The highest BCUT2D eigenvalue weighted by Crippen LogP contribution is 2.67. The molecular weight excluding hydrogens is 857 g/mol. The predicted octanol–water partition coefficient (Wildman–Crippen LogP) is 2.57. The maximum Gasteiger partial charge on any atom is 0.329 e. The van der Waals surface area contributed by atoms with E-state index in [1.165, 1.54) is 71.6 Å². The van der Waals surface area contributed by atoms with Gasteiger partial charge in [0.1, 0.15) is 24.2 Å². The molecule has 16 nitrogen and oxygen atoms in total. The molecule has 9 aliphatic rings. The summed E-state index contributed by atoms with van der Waals surface area (Å²) in [4.78, 5) is 110. The van der Waals surface area contributed by atoms with Crippen molar-refractivity contribution in [2.45, 2.75) is 101 Å². The molecule has 9 rings (SSSR count). The standard InChI is InChI=1S/C40H56N4O12S4/c1-53-29(45)25-15-57-58-16-26(30(46)54-2)42-35(51)39-11-23-6-24(12-39)14-40(13-23,20-39)36(52)44-28(32(48)56-4)18-60-59-17-27(31(47)55-3)43-34(50)38-9-21-5-22(10-38)8-37(7-21,19-38)33(49)41-25/h21-28H,5-20H2,1-4H3,(H,41,49)(H,42,51)(H,43,50)(H,44,52)/t21?,22?,23?,24?,25-,26?,27?,28-,37?,38?,39?,40?/m0/s1. The molecule has 332 valence electrons. The van der Waals surface area contributed by atoms with Gasteiger partial charge < -0.3 is 40.2 Å². The third kappa shape index (κ3) is 8.86. The van der Waals surface area contributed by atoms with Crippen LogP contribution in [0.2, 0.25) is 0 Å². The normalized spacial score (nSPS) is 40.9. The van der Waals surface area contributed by atoms with Gasteiger partial charge in [-0.05, 0) is 101 Å². The first kappa shape index (κ1) is 45.2. The summed E-state index contributed by atoms with van der Waals surface area (Å²) < 4.78 is 20.4. The molecule has 1 heterocycles. The topological polar surface area (TPSA) is 222 Å². The molecule has 60 heavy (non-hydrogen) atoms. The molecule has 4 amide bonds. The van der Waals surface area contributed by atoms with Gasteiger partial charge in [0.15, 0.2) is 0 Å². The summed E-state index contributed by atoms with van der Waals surface area (Å²) in [6, 6.07) is -4.08. The van der Waals surface area contributed by atoms with Crippen molar-refractivity contribution >= 4 is 90.7 Å². The fraction of sp³-hybridized carbons (Fsp3) is 0.800. The van der Waals surface area contributed by atoms with Gasteiger partial charge in [0.25, 0.3) is 0 Å². The van der Waals surface area contributed by atoms with Gasteiger partial charge in [0.05, 0.1) is 50.1 Å². The van der Waals surface area contributed by atoms with E-state index in [4.69, 9.17) is 18.9 Å². The maximum absolute atomic E-state index is 14.4. The Morgan fingerprint density at radius 3 is 0.800 bits per heavy atom. The number of nitrogens with one attached hydrogen (secondary N) is 4. The van der Waals surface area contributed by atoms with Gasteiger partial charge in [-0.3, -0.25) is 19.2 Å². The molecule has 4 spiro atoms. The largest absolute Gasteiger partial charge is 0.467 e. The molecule has 8 atom stereocenters. The number of rotatable bonds is 4. The van der Waals surface area contributed by atoms with Crippen molar-refractivity contribution in [2.75, 3.05) is 51.5 Å². The van der Waals surface area contributed by atoms with Crippen LogP contribution in [0.15, 0.2) is 0 Å². The highest BCUT2D eigenvalue weighted by atomic mass is 33.1. The second kappa shape index (κ2) is 18.1. The molecule has 0 radical (unpaired) electrons. The van der Waals surface area contributed by atoms with Crippen LogP contribution in [0.5, 0.6) is 0 Å². The van der Waals surface area contributed by atoms with Crippen LogP contribution in [0, 0.1) is 45.3 Å². The summed E-state index contributed by atoms with van der Waals surface area (Å²) in [6.45, 7) is 0. The van der Waals surface area contributed by atoms with Crippen molar-refractivity contribution in [2.24, 2.45) is 45.3 Å². The Bertz CT molecular complexity index is 1500. The first-order valence-electron chi connectivity index (χ1n) is 20.7. The average molecular weight is 913 g/mol. The number of hydrogen-bond donors (Lipinski definition) is 4. The molecule has 6 unspecified atom stereocenters. The van der Waals surface area contributed by atoms with E-state index in [0.717, 1.165) is 12.8 Å². The molecule has 8 saturated carbocycles. The Labute approximate surface area is 365 Å². The van der Waals surface area contributed by atoms with Gasteiger partial charge in [0.2, 0.25) is 23.6 Å². The number of carbonyl (C=O) groups is 8. The lowest BCUT2D eigenvalue weighted by Gasteiger charge is -2.60. The van der Waals surface area contributed by atoms with E-state index < -0.39 is 69.7 Å². The minimum Gasteiger partial charge on any atom is -0.467 e. The van der Waals surface area contributed by atoms with Crippen LogP contribution >= 0.6 is 43.2 Å². The van der Waals surface area contributed by atoms with Crippen LogP contribution in [-0.4, -0.2) is 123 Å². The van der Waals surface area contributed by atoms with Crippen LogP contribution in [0.1, 0.15) is 77.0 Å². The number of esters is 4. The van der Waals surface area contributed by atoms with E-state index in [1.807, 2.05) is 0 Å². The first-order chi connectivity index (χ1) is 28.6. The zero-order valence-corrected chi connectivity index (χ0v) is 37.7. The molecule has 8 bridgehead atoms. The summed E-state index contributed by atoms with van der Waals surface area (Å²) in [5.41, 5.74) is -3.59. The van der Waals surface area contributed by atoms with Crippen molar-refractivity contribution in [1.29, 1.82) is 0 Å². The Morgan fingerprint density at radius 1 is 0.417 bits per heavy atom. The average Bonchev–Trinajstić information content (AvgIpc) is 3.21. The summed E-state index contributed by atoms with van der Waals surface area (Å²) in [5, 5.41) is 11.8. The van der Waals surface area contributed by atoms with Gasteiger partial charge >= 0.3 is 23.9 Å². The lowest BCUT2D eigenvalue weighted by molar-refractivity contribution is -0.170. The van der Waals surface area contributed by atoms with Crippen molar-refractivity contribution < 1.29 is 57.3 Å². The Balaban J connectivity index is 1.16. The Morgan fingerprint density at radius 2 is 0.617 bits per heavy atom. The molecule has 20 heteroatoms. The second-order valence-corrected chi connectivity index (χ2v) is 23.5. The van der Waals surface area contributed by atoms with Crippen LogP contribution in [0.3, 0.4) is 0 Å². The van der Waals surface area contributed by atoms with E-state index in [9.17, 15) is 38.4 Å². The second-order valence-electron chi connectivity index (χ2n) is 18.4. The number of carbonyl (C=O) groups excluding carboxylic acids is 8. The zero-order chi connectivity index (χ0) is 43.0.